The van der Waals surface area contributed by atoms with Crippen LogP contribution in [0.2, 0.25) is 0 Å². The standard InChI is InChI=1S/C9H10BrNO2/c1-3-7-4-5-8(11-9(7)10)13-6(2)12/h4-5H,3H2,1-2H3. The van der Waals surface area contributed by atoms with Crippen LogP contribution in [0.1, 0.15) is 19.4 Å². The van der Waals surface area contributed by atoms with E-state index in [1.54, 1.807) is 6.07 Å². The zero-order valence-corrected chi connectivity index (χ0v) is 9.09. The van der Waals surface area contributed by atoms with Crippen molar-refractivity contribution in [2.24, 2.45) is 0 Å². The molecule has 0 aromatic carbocycles. The van der Waals surface area contributed by atoms with Gasteiger partial charge in [-0.15, -0.1) is 0 Å². The summed E-state index contributed by atoms with van der Waals surface area (Å²) < 4.78 is 5.54. The molecular formula is C9H10BrNO2. The van der Waals surface area contributed by atoms with E-state index in [1.807, 2.05) is 13.0 Å². The Hall–Kier alpha value is -0.900. The summed E-state index contributed by atoms with van der Waals surface area (Å²) in [6.45, 7) is 3.39. The molecule has 70 valence electrons. The molecule has 13 heavy (non-hydrogen) atoms. The average molecular weight is 244 g/mol. The van der Waals surface area contributed by atoms with Gasteiger partial charge in [0.1, 0.15) is 4.60 Å². The molecule has 0 fully saturated rings. The fourth-order valence-electron chi connectivity index (χ4n) is 0.914. The normalized spacial score (nSPS) is 9.77. The lowest BCUT2D eigenvalue weighted by molar-refractivity contribution is -0.132. The summed E-state index contributed by atoms with van der Waals surface area (Å²) in [5, 5.41) is 0. The predicted molar refractivity (Wildman–Crippen MR) is 52.6 cm³/mol. The molecule has 0 aliphatic carbocycles. The molecular weight excluding hydrogens is 234 g/mol. The van der Waals surface area contributed by atoms with E-state index >= 15 is 0 Å². The highest BCUT2D eigenvalue weighted by Gasteiger charge is 2.03. The van der Waals surface area contributed by atoms with Gasteiger partial charge in [0, 0.05) is 13.0 Å². The number of carbonyl (C=O) groups excluding carboxylic acids is 1. The highest BCUT2D eigenvalue weighted by atomic mass is 79.9. The molecule has 0 atom stereocenters. The van der Waals surface area contributed by atoms with E-state index in [0.717, 1.165) is 16.6 Å². The number of rotatable bonds is 2. The molecule has 1 aromatic heterocycles. The van der Waals surface area contributed by atoms with Gasteiger partial charge < -0.3 is 4.74 Å². The first-order valence-corrected chi connectivity index (χ1v) is 4.76. The number of hydrogen-bond acceptors (Lipinski definition) is 3. The number of ether oxygens (including phenoxy) is 1. The van der Waals surface area contributed by atoms with Crippen molar-refractivity contribution in [3.05, 3.63) is 22.3 Å². The maximum Gasteiger partial charge on any atom is 0.309 e. The summed E-state index contributed by atoms with van der Waals surface area (Å²) >= 11 is 3.29. The third kappa shape index (κ3) is 2.81. The molecule has 3 nitrogen and oxygen atoms in total. The van der Waals surface area contributed by atoms with Crippen LogP contribution in [0.4, 0.5) is 0 Å². The number of nitrogens with zero attached hydrogens (tertiary/aromatic N) is 1. The Balaban J connectivity index is 2.89. The molecule has 0 saturated carbocycles. The van der Waals surface area contributed by atoms with Crippen LogP contribution in [0.3, 0.4) is 0 Å². The van der Waals surface area contributed by atoms with E-state index in [0.29, 0.717) is 5.88 Å². The molecule has 0 N–H and O–H groups in total. The van der Waals surface area contributed by atoms with Crippen LogP contribution in [0, 0.1) is 0 Å². The Morgan fingerprint density at radius 1 is 1.62 bits per heavy atom. The van der Waals surface area contributed by atoms with Gasteiger partial charge in [-0.05, 0) is 27.9 Å². The summed E-state index contributed by atoms with van der Waals surface area (Å²) in [5.74, 6) is -0.0276. The van der Waals surface area contributed by atoms with E-state index in [-0.39, 0.29) is 5.97 Å². The average Bonchev–Trinajstić information content (AvgIpc) is 2.03. The van der Waals surface area contributed by atoms with Gasteiger partial charge in [-0.3, -0.25) is 4.79 Å². The van der Waals surface area contributed by atoms with Crippen LogP contribution in [0.5, 0.6) is 5.88 Å². The monoisotopic (exact) mass is 243 g/mol. The van der Waals surface area contributed by atoms with Crippen molar-refractivity contribution in [3.8, 4) is 5.88 Å². The first-order valence-electron chi connectivity index (χ1n) is 3.97. The minimum atomic E-state index is -0.358. The number of esters is 1. The van der Waals surface area contributed by atoms with Crippen molar-refractivity contribution in [1.29, 1.82) is 0 Å². The first-order chi connectivity index (χ1) is 6.13. The van der Waals surface area contributed by atoms with Crippen LogP contribution < -0.4 is 4.74 Å². The lowest BCUT2D eigenvalue weighted by Gasteiger charge is -2.03. The van der Waals surface area contributed by atoms with Crippen molar-refractivity contribution in [2.75, 3.05) is 0 Å². The Kier molecular flexibility index (Phi) is 3.42. The van der Waals surface area contributed by atoms with Crippen molar-refractivity contribution in [1.82, 2.24) is 4.98 Å². The zero-order chi connectivity index (χ0) is 9.84. The summed E-state index contributed by atoms with van der Waals surface area (Å²) in [5.41, 5.74) is 1.09. The second kappa shape index (κ2) is 4.37. The molecule has 0 aliphatic rings. The molecule has 0 unspecified atom stereocenters. The Bertz CT molecular complexity index is 325. The van der Waals surface area contributed by atoms with E-state index in [2.05, 4.69) is 20.9 Å². The molecule has 0 radical (unpaired) electrons. The van der Waals surface area contributed by atoms with Crippen LogP contribution in [0.25, 0.3) is 0 Å². The van der Waals surface area contributed by atoms with E-state index in [1.165, 1.54) is 6.92 Å². The molecule has 0 bridgehead atoms. The van der Waals surface area contributed by atoms with Gasteiger partial charge in [-0.25, -0.2) is 4.98 Å². The Labute approximate surface area is 85.3 Å². The molecule has 0 aliphatic heterocycles. The molecule has 0 saturated heterocycles. The van der Waals surface area contributed by atoms with Gasteiger partial charge in [0.2, 0.25) is 5.88 Å². The maximum absolute atomic E-state index is 10.6. The van der Waals surface area contributed by atoms with Crippen LogP contribution in [-0.4, -0.2) is 11.0 Å². The fourth-order valence-corrected chi connectivity index (χ4v) is 1.50. The summed E-state index contributed by atoms with van der Waals surface area (Å²) in [4.78, 5) is 14.7. The lowest BCUT2D eigenvalue weighted by atomic mass is 10.2. The quantitative estimate of drug-likeness (QED) is 0.592. The number of aromatic nitrogens is 1. The third-order valence-corrected chi connectivity index (χ3v) is 2.22. The van der Waals surface area contributed by atoms with E-state index in [9.17, 15) is 4.79 Å². The first kappa shape index (κ1) is 10.2. The summed E-state index contributed by atoms with van der Waals surface area (Å²) in [7, 11) is 0. The molecule has 0 spiro atoms. The second-order valence-corrected chi connectivity index (χ2v) is 3.30. The topological polar surface area (TPSA) is 39.2 Å². The number of hydrogen-bond donors (Lipinski definition) is 0. The highest BCUT2D eigenvalue weighted by Crippen LogP contribution is 2.18. The smallest absolute Gasteiger partial charge is 0.309 e. The van der Waals surface area contributed by atoms with E-state index < -0.39 is 0 Å². The number of aryl methyl sites for hydroxylation is 1. The van der Waals surface area contributed by atoms with Crippen LogP contribution in [0.15, 0.2) is 16.7 Å². The second-order valence-electron chi connectivity index (χ2n) is 2.55. The van der Waals surface area contributed by atoms with Crippen molar-refractivity contribution >= 4 is 21.9 Å². The van der Waals surface area contributed by atoms with Crippen LogP contribution in [-0.2, 0) is 11.2 Å². The summed E-state index contributed by atoms with van der Waals surface area (Å²) in [6, 6.07) is 3.57. The lowest BCUT2D eigenvalue weighted by Crippen LogP contribution is -2.03. The number of carbonyl (C=O) groups is 1. The van der Waals surface area contributed by atoms with Gasteiger partial charge >= 0.3 is 5.97 Å². The third-order valence-electron chi connectivity index (χ3n) is 1.53. The molecule has 0 amide bonds. The Morgan fingerprint density at radius 3 is 2.77 bits per heavy atom. The van der Waals surface area contributed by atoms with Crippen molar-refractivity contribution < 1.29 is 9.53 Å². The molecule has 4 heteroatoms. The molecule has 1 heterocycles. The highest BCUT2D eigenvalue weighted by molar-refractivity contribution is 9.10. The Morgan fingerprint density at radius 2 is 2.31 bits per heavy atom. The minimum absolute atomic E-state index is 0.330. The van der Waals surface area contributed by atoms with Gasteiger partial charge in [-0.1, -0.05) is 13.0 Å². The van der Waals surface area contributed by atoms with Crippen LogP contribution >= 0.6 is 15.9 Å². The van der Waals surface area contributed by atoms with Gasteiger partial charge in [0.05, 0.1) is 0 Å². The van der Waals surface area contributed by atoms with E-state index in [4.69, 9.17) is 4.74 Å². The minimum Gasteiger partial charge on any atom is -0.408 e. The summed E-state index contributed by atoms with van der Waals surface area (Å²) in [6.07, 6.45) is 0.897. The number of pyridine rings is 1. The molecule has 1 aromatic rings. The predicted octanol–water partition coefficient (Wildman–Crippen LogP) is 2.33. The van der Waals surface area contributed by atoms with Crippen molar-refractivity contribution in [2.45, 2.75) is 20.3 Å². The van der Waals surface area contributed by atoms with Gasteiger partial charge in [0.15, 0.2) is 0 Å². The zero-order valence-electron chi connectivity index (χ0n) is 7.50. The van der Waals surface area contributed by atoms with Gasteiger partial charge in [-0.2, -0.15) is 0 Å². The molecule has 1 rings (SSSR count). The maximum atomic E-state index is 10.6. The number of halogens is 1. The largest absolute Gasteiger partial charge is 0.408 e. The van der Waals surface area contributed by atoms with Crippen molar-refractivity contribution in [3.63, 3.8) is 0 Å². The van der Waals surface area contributed by atoms with Gasteiger partial charge in [0.25, 0.3) is 0 Å². The SMILES string of the molecule is CCc1ccc(OC(C)=O)nc1Br. The fraction of sp³-hybridized carbons (Fsp3) is 0.333.